The van der Waals surface area contributed by atoms with Crippen LogP contribution in [0.15, 0.2) is 4.99 Å². The number of nitrogens with zero attached hydrogens (tertiary/aromatic N) is 1. The number of guanidine groups is 1. The number of hydrogen-bond donors (Lipinski definition) is 2. The second kappa shape index (κ2) is 10.00. The first-order valence-corrected chi connectivity index (χ1v) is 5.56. The van der Waals surface area contributed by atoms with E-state index in [2.05, 4.69) is 21.5 Å². The van der Waals surface area contributed by atoms with Crippen molar-refractivity contribution >= 4 is 35.9 Å². The SMILES string of the molecule is C#CCNC(=NCC(=O)OC(C)(C)C)NCC.I. The predicted molar refractivity (Wildman–Crippen MR) is 84.1 cm³/mol. The fourth-order valence-corrected chi connectivity index (χ4v) is 0.994. The summed E-state index contributed by atoms with van der Waals surface area (Å²) >= 11 is 0. The highest BCUT2D eigenvalue weighted by Crippen LogP contribution is 2.06. The van der Waals surface area contributed by atoms with Gasteiger partial charge in [-0.2, -0.15) is 0 Å². The first-order valence-electron chi connectivity index (χ1n) is 5.56. The third-order valence-corrected chi connectivity index (χ3v) is 1.49. The van der Waals surface area contributed by atoms with Crippen LogP contribution in [0, 0.1) is 12.3 Å². The van der Waals surface area contributed by atoms with E-state index in [1.54, 1.807) is 0 Å². The molecule has 104 valence electrons. The van der Waals surface area contributed by atoms with Crippen LogP contribution in [0.2, 0.25) is 0 Å². The summed E-state index contributed by atoms with van der Waals surface area (Å²) in [5.74, 6) is 2.58. The zero-order valence-electron chi connectivity index (χ0n) is 11.4. The van der Waals surface area contributed by atoms with Crippen molar-refractivity contribution in [1.29, 1.82) is 0 Å². The zero-order valence-corrected chi connectivity index (χ0v) is 13.7. The average Bonchev–Trinajstić information content (AvgIpc) is 2.19. The van der Waals surface area contributed by atoms with E-state index in [9.17, 15) is 4.79 Å². The quantitative estimate of drug-likeness (QED) is 0.257. The van der Waals surface area contributed by atoms with Crippen LogP contribution in [0.1, 0.15) is 27.7 Å². The molecule has 18 heavy (non-hydrogen) atoms. The number of halogens is 1. The summed E-state index contributed by atoms with van der Waals surface area (Å²) in [5.41, 5.74) is -0.489. The third-order valence-electron chi connectivity index (χ3n) is 1.49. The first-order chi connectivity index (χ1) is 7.89. The molecule has 0 saturated carbocycles. The lowest BCUT2D eigenvalue weighted by atomic mass is 10.2. The number of ether oxygens (including phenoxy) is 1. The molecule has 0 radical (unpaired) electrons. The Labute approximate surface area is 126 Å². The van der Waals surface area contributed by atoms with Crippen LogP contribution >= 0.6 is 24.0 Å². The summed E-state index contributed by atoms with van der Waals surface area (Å²) in [6.45, 7) is 8.41. The Hall–Kier alpha value is -0.970. The van der Waals surface area contributed by atoms with Crippen molar-refractivity contribution in [3.05, 3.63) is 0 Å². The van der Waals surface area contributed by atoms with Crippen molar-refractivity contribution in [3.8, 4) is 12.3 Å². The van der Waals surface area contributed by atoms with Crippen LogP contribution < -0.4 is 10.6 Å². The minimum Gasteiger partial charge on any atom is -0.459 e. The Morgan fingerprint density at radius 2 is 2.00 bits per heavy atom. The van der Waals surface area contributed by atoms with Crippen LogP contribution in [-0.4, -0.2) is 37.2 Å². The summed E-state index contributed by atoms with van der Waals surface area (Å²) in [4.78, 5) is 15.5. The molecule has 0 rings (SSSR count). The number of aliphatic imine (C=N–C) groups is 1. The molecular weight excluding hydrogens is 345 g/mol. The van der Waals surface area contributed by atoms with Gasteiger partial charge in [-0.3, -0.25) is 4.79 Å². The number of carbonyl (C=O) groups excluding carboxylic acids is 1. The van der Waals surface area contributed by atoms with Crippen molar-refractivity contribution in [3.63, 3.8) is 0 Å². The Kier molecular flexibility index (Phi) is 10.8. The van der Waals surface area contributed by atoms with Gasteiger partial charge in [-0.1, -0.05) is 5.92 Å². The van der Waals surface area contributed by atoms with E-state index in [1.165, 1.54) is 0 Å². The van der Waals surface area contributed by atoms with Gasteiger partial charge in [-0.05, 0) is 27.7 Å². The summed E-state index contributed by atoms with van der Waals surface area (Å²) < 4.78 is 5.13. The predicted octanol–water partition coefficient (Wildman–Crippen LogP) is 1.13. The Balaban J connectivity index is 0. The van der Waals surface area contributed by atoms with Crippen LogP contribution in [-0.2, 0) is 9.53 Å². The van der Waals surface area contributed by atoms with Gasteiger partial charge in [0.05, 0.1) is 6.54 Å². The average molecular weight is 367 g/mol. The van der Waals surface area contributed by atoms with Gasteiger partial charge in [0.15, 0.2) is 5.96 Å². The highest BCUT2D eigenvalue weighted by Gasteiger charge is 2.15. The fraction of sp³-hybridized carbons (Fsp3) is 0.667. The maximum absolute atomic E-state index is 11.4. The van der Waals surface area contributed by atoms with Gasteiger partial charge >= 0.3 is 5.97 Å². The molecule has 0 aromatic carbocycles. The molecule has 0 spiro atoms. The molecule has 0 unspecified atom stereocenters. The van der Waals surface area contributed by atoms with Gasteiger partial charge in [0.2, 0.25) is 0 Å². The molecular formula is C12H22IN3O2. The van der Waals surface area contributed by atoms with Gasteiger partial charge in [-0.25, -0.2) is 4.99 Å². The summed E-state index contributed by atoms with van der Waals surface area (Å²) in [6.07, 6.45) is 5.13. The van der Waals surface area contributed by atoms with Crippen LogP contribution in [0.3, 0.4) is 0 Å². The van der Waals surface area contributed by atoms with E-state index in [4.69, 9.17) is 11.2 Å². The van der Waals surface area contributed by atoms with E-state index in [0.717, 1.165) is 0 Å². The molecule has 5 nitrogen and oxygen atoms in total. The van der Waals surface area contributed by atoms with E-state index < -0.39 is 5.60 Å². The van der Waals surface area contributed by atoms with E-state index >= 15 is 0 Å². The molecule has 0 aliphatic heterocycles. The summed E-state index contributed by atoms with van der Waals surface area (Å²) in [6, 6.07) is 0. The lowest BCUT2D eigenvalue weighted by Gasteiger charge is -2.18. The summed E-state index contributed by atoms with van der Waals surface area (Å²) in [7, 11) is 0. The number of nitrogens with one attached hydrogen (secondary N) is 2. The molecule has 0 aliphatic rings. The number of esters is 1. The minimum atomic E-state index is -0.489. The molecule has 6 heteroatoms. The maximum atomic E-state index is 11.4. The molecule has 0 bridgehead atoms. The minimum absolute atomic E-state index is 0. The van der Waals surface area contributed by atoms with Gasteiger partial charge < -0.3 is 15.4 Å². The van der Waals surface area contributed by atoms with Gasteiger partial charge in [0, 0.05) is 6.54 Å². The Morgan fingerprint density at radius 3 is 2.44 bits per heavy atom. The first kappa shape index (κ1) is 19.4. The summed E-state index contributed by atoms with van der Waals surface area (Å²) in [5, 5.41) is 5.85. The van der Waals surface area contributed by atoms with E-state index in [0.29, 0.717) is 19.0 Å². The van der Waals surface area contributed by atoms with Crippen LogP contribution in [0.4, 0.5) is 0 Å². The highest BCUT2D eigenvalue weighted by molar-refractivity contribution is 14.0. The van der Waals surface area contributed by atoms with Gasteiger partial charge in [0.1, 0.15) is 12.1 Å². The van der Waals surface area contributed by atoms with Crippen molar-refractivity contribution < 1.29 is 9.53 Å². The topological polar surface area (TPSA) is 62.7 Å². The van der Waals surface area contributed by atoms with Gasteiger partial charge in [0.25, 0.3) is 0 Å². The van der Waals surface area contributed by atoms with Crippen LogP contribution in [0.5, 0.6) is 0 Å². The number of terminal acetylenes is 1. The van der Waals surface area contributed by atoms with Crippen molar-refractivity contribution in [1.82, 2.24) is 10.6 Å². The highest BCUT2D eigenvalue weighted by atomic mass is 127. The largest absolute Gasteiger partial charge is 0.459 e. The molecule has 0 heterocycles. The van der Waals surface area contributed by atoms with Gasteiger partial charge in [-0.15, -0.1) is 30.4 Å². The normalized spacial score (nSPS) is 10.9. The standard InChI is InChI=1S/C12H21N3O2.HI/c1-6-8-14-11(13-7-2)15-9-10(16)17-12(3,4)5;/h1H,7-9H2,2-5H3,(H2,13,14,15);1H. The lowest BCUT2D eigenvalue weighted by Crippen LogP contribution is -2.38. The monoisotopic (exact) mass is 367 g/mol. The molecule has 2 N–H and O–H groups in total. The molecule has 0 amide bonds. The smallest absolute Gasteiger partial charge is 0.328 e. The Bertz CT molecular complexity index is 316. The second-order valence-electron chi connectivity index (χ2n) is 4.34. The zero-order chi connectivity index (χ0) is 13.3. The van der Waals surface area contributed by atoms with Crippen molar-refractivity contribution in [2.24, 2.45) is 4.99 Å². The van der Waals surface area contributed by atoms with E-state index in [-0.39, 0.29) is 36.5 Å². The Morgan fingerprint density at radius 1 is 1.39 bits per heavy atom. The van der Waals surface area contributed by atoms with E-state index in [1.807, 2.05) is 27.7 Å². The van der Waals surface area contributed by atoms with Crippen LogP contribution in [0.25, 0.3) is 0 Å². The number of carbonyl (C=O) groups is 1. The molecule has 0 fully saturated rings. The molecule has 0 saturated heterocycles. The molecule has 0 atom stereocenters. The molecule has 0 aromatic heterocycles. The third kappa shape index (κ3) is 11.5. The second-order valence-corrected chi connectivity index (χ2v) is 4.34. The van der Waals surface area contributed by atoms with Crippen molar-refractivity contribution in [2.45, 2.75) is 33.3 Å². The maximum Gasteiger partial charge on any atom is 0.328 e. The molecule has 0 aliphatic carbocycles. The fourth-order valence-electron chi connectivity index (χ4n) is 0.994. The lowest BCUT2D eigenvalue weighted by molar-refractivity contribution is -0.152. The number of rotatable bonds is 4. The molecule has 0 aromatic rings. The van der Waals surface area contributed by atoms with Crippen molar-refractivity contribution in [2.75, 3.05) is 19.6 Å². The number of hydrogen-bond acceptors (Lipinski definition) is 3.